The van der Waals surface area contributed by atoms with E-state index in [-0.39, 0.29) is 22.9 Å². The van der Waals surface area contributed by atoms with E-state index in [0.717, 1.165) is 5.56 Å². The fourth-order valence-corrected chi connectivity index (χ4v) is 2.75. The van der Waals surface area contributed by atoms with Crippen molar-refractivity contribution in [2.45, 2.75) is 12.8 Å². The van der Waals surface area contributed by atoms with E-state index in [1.165, 1.54) is 18.2 Å². The van der Waals surface area contributed by atoms with Gasteiger partial charge in [0, 0.05) is 12.6 Å². The number of carbonyl (C=O) groups excluding carboxylic acids is 1. The van der Waals surface area contributed by atoms with Crippen LogP contribution in [0.5, 0.6) is 0 Å². The second-order valence-electron chi connectivity index (χ2n) is 4.67. The molecule has 0 aliphatic heterocycles. The van der Waals surface area contributed by atoms with E-state index in [9.17, 15) is 14.9 Å². The summed E-state index contributed by atoms with van der Waals surface area (Å²) >= 11 is 1.59. The molecule has 0 radical (unpaired) electrons. The molecule has 1 aromatic carbocycles. The van der Waals surface area contributed by atoms with Gasteiger partial charge in [0.25, 0.3) is 11.6 Å². The first-order valence-corrected chi connectivity index (χ1v) is 7.28. The van der Waals surface area contributed by atoms with Crippen molar-refractivity contribution in [1.82, 2.24) is 5.32 Å². The number of hydrogen-bond acceptors (Lipinski definition) is 5. The summed E-state index contributed by atoms with van der Waals surface area (Å²) in [7, 11) is 0. The Kier molecular flexibility index (Phi) is 4.54. The molecule has 7 heteroatoms. The van der Waals surface area contributed by atoms with Gasteiger partial charge < -0.3 is 11.1 Å². The van der Waals surface area contributed by atoms with Crippen LogP contribution in [-0.4, -0.2) is 17.4 Å². The minimum atomic E-state index is -0.604. The van der Waals surface area contributed by atoms with Crippen LogP contribution in [-0.2, 0) is 0 Å². The second-order valence-corrected chi connectivity index (χ2v) is 5.45. The molecule has 6 nitrogen and oxygen atoms in total. The van der Waals surface area contributed by atoms with Gasteiger partial charge >= 0.3 is 0 Å². The van der Waals surface area contributed by atoms with Gasteiger partial charge in [0.2, 0.25) is 0 Å². The summed E-state index contributed by atoms with van der Waals surface area (Å²) in [5.74, 6) is -0.397. The Morgan fingerprint density at radius 2 is 2.24 bits per heavy atom. The molecule has 2 aromatic rings. The molecule has 0 spiro atoms. The number of hydrogen-bond donors (Lipinski definition) is 2. The van der Waals surface area contributed by atoms with E-state index in [0.29, 0.717) is 6.54 Å². The molecule has 0 aliphatic rings. The molecule has 0 saturated carbocycles. The van der Waals surface area contributed by atoms with E-state index in [1.54, 1.807) is 11.3 Å². The lowest BCUT2D eigenvalue weighted by Crippen LogP contribution is -2.28. The molecule has 2 rings (SSSR count). The van der Waals surface area contributed by atoms with Crippen LogP contribution in [0.3, 0.4) is 0 Å². The standard InChI is InChI=1S/C14H15N3O3S/c1-9(10-5-6-21-8-10)7-16-14(18)13-11(15)3-2-4-12(13)17(19)20/h2-6,8-9H,7,15H2,1H3,(H,16,18)/t9-/m1/s1. The number of nitro groups is 1. The number of nitrogens with one attached hydrogen (secondary N) is 1. The quantitative estimate of drug-likeness (QED) is 0.504. The summed E-state index contributed by atoms with van der Waals surface area (Å²) < 4.78 is 0. The van der Waals surface area contributed by atoms with E-state index < -0.39 is 10.8 Å². The van der Waals surface area contributed by atoms with E-state index in [4.69, 9.17) is 5.73 Å². The summed E-state index contributed by atoms with van der Waals surface area (Å²) in [6, 6.07) is 6.19. The molecule has 110 valence electrons. The zero-order chi connectivity index (χ0) is 15.4. The zero-order valence-corrected chi connectivity index (χ0v) is 12.2. The summed E-state index contributed by atoms with van der Waals surface area (Å²) in [5, 5.41) is 17.7. The number of nitrogens with zero attached hydrogens (tertiary/aromatic N) is 1. The number of anilines is 1. The van der Waals surface area contributed by atoms with Crippen molar-refractivity contribution >= 4 is 28.6 Å². The summed E-state index contributed by atoms with van der Waals surface area (Å²) in [6.45, 7) is 2.37. The Hall–Kier alpha value is -2.41. The Labute approximate surface area is 125 Å². The smallest absolute Gasteiger partial charge is 0.284 e. The molecule has 0 saturated heterocycles. The molecule has 0 fully saturated rings. The molecule has 0 aliphatic carbocycles. The molecule has 1 amide bonds. The van der Waals surface area contributed by atoms with Gasteiger partial charge in [-0.2, -0.15) is 11.3 Å². The first-order chi connectivity index (χ1) is 10.0. The monoisotopic (exact) mass is 305 g/mol. The zero-order valence-electron chi connectivity index (χ0n) is 11.4. The van der Waals surface area contributed by atoms with Gasteiger partial charge in [0.1, 0.15) is 5.56 Å². The predicted molar refractivity (Wildman–Crippen MR) is 82.6 cm³/mol. The van der Waals surface area contributed by atoms with Crippen LogP contribution < -0.4 is 11.1 Å². The Balaban J connectivity index is 2.12. The lowest BCUT2D eigenvalue weighted by molar-refractivity contribution is -0.385. The summed E-state index contributed by atoms with van der Waals surface area (Å²) in [4.78, 5) is 22.5. The van der Waals surface area contributed by atoms with Crippen LogP contribution in [0.25, 0.3) is 0 Å². The Morgan fingerprint density at radius 1 is 1.48 bits per heavy atom. The van der Waals surface area contributed by atoms with E-state index in [2.05, 4.69) is 5.32 Å². The van der Waals surface area contributed by atoms with Gasteiger partial charge in [-0.1, -0.05) is 13.0 Å². The number of benzene rings is 1. The number of amides is 1. The highest BCUT2D eigenvalue weighted by molar-refractivity contribution is 7.07. The maximum Gasteiger partial charge on any atom is 0.284 e. The molecule has 0 bridgehead atoms. The van der Waals surface area contributed by atoms with Crippen molar-refractivity contribution in [1.29, 1.82) is 0 Å². The van der Waals surface area contributed by atoms with Gasteiger partial charge in [-0.3, -0.25) is 14.9 Å². The number of nitrogen functional groups attached to an aromatic ring is 1. The fraction of sp³-hybridized carbons (Fsp3) is 0.214. The number of nitrogens with two attached hydrogens (primary N) is 1. The Morgan fingerprint density at radius 3 is 2.86 bits per heavy atom. The van der Waals surface area contributed by atoms with Crippen LogP contribution >= 0.6 is 11.3 Å². The highest BCUT2D eigenvalue weighted by Gasteiger charge is 2.23. The van der Waals surface area contributed by atoms with E-state index >= 15 is 0 Å². The average molecular weight is 305 g/mol. The second kappa shape index (κ2) is 6.36. The fourth-order valence-electron chi connectivity index (χ4n) is 1.96. The topological polar surface area (TPSA) is 98.3 Å². The molecule has 21 heavy (non-hydrogen) atoms. The summed E-state index contributed by atoms with van der Waals surface area (Å²) in [5.41, 5.74) is 6.56. The normalized spacial score (nSPS) is 11.9. The molecule has 1 atom stereocenters. The van der Waals surface area contributed by atoms with Crippen molar-refractivity contribution in [3.63, 3.8) is 0 Å². The number of thiophene rings is 1. The average Bonchev–Trinajstić information content (AvgIpc) is 2.98. The molecule has 1 aromatic heterocycles. The van der Waals surface area contributed by atoms with Crippen molar-refractivity contribution in [3.8, 4) is 0 Å². The third-order valence-corrected chi connectivity index (χ3v) is 3.88. The maximum absolute atomic E-state index is 12.2. The van der Waals surface area contributed by atoms with Gasteiger partial charge in [0.15, 0.2) is 0 Å². The van der Waals surface area contributed by atoms with Gasteiger partial charge in [0.05, 0.1) is 10.6 Å². The van der Waals surface area contributed by atoms with E-state index in [1.807, 2.05) is 23.8 Å². The maximum atomic E-state index is 12.2. The van der Waals surface area contributed by atoms with Crippen LogP contribution in [0, 0.1) is 10.1 Å². The van der Waals surface area contributed by atoms with Crippen LogP contribution in [0.4, 0.5) is 11.4 Å². The number of nitro benzene ring substituents is 1. The van der Waals surface area contributed by atoms with Gasteiger partial charge in [-0.05, 0) is 34.4 Å². The lowest BCUT2D eigenvalue weighted by Gasteiger charge is -2.12. The number of rotatable bonds is 5. The van der Waals surface area contributed by atoms with Gasteiger partial charge in [-0.25, -0.2) is 0 Å². The van der Waals surface area contributed by atoms with Crippen molar-refractivity contribution < 1.29 is 9.72 Å². The molecular weight excluding hydrogens is 290 g/mol. The SMILES string of the molecule is C[C@H](CNC(=O)c1c(N)cccc1[N+](=O)[O-])c1ccsc1. The van der Waals surface area contributed by atoms with Crippen molar-refractivity contribution in [3.05, 3.63) is 56.3 Å². The highest BCUT2D eigenvalue weighted by Crippen LogP contribution is 2.24. The minimum Gasteiger partial charge on any atom is -0.398 e. The molecule has 0 unspecified atom stereocenters. The highest BCUT2D eigenvalue weighted by atomic mass is 32.1. The minimum absolute atomic E-state index is 0.0833. The van der Waals surface area contributed by atoms with Crippen molar-refractivity contribution in [2.24, 2.45) is 0 Å². The Bertz CT molecular complexity index is 655. The van der Waals surface area contributed by atoms with Crippen LogP contribution in [0.15, 0.2) is 35.0 Å². The third kappa shape index (κ3) is 3.38. The largest absolute Gasteiger partial charge is 0.398 e. The molecular formula is C14H15N3O3S. The predicted octanol–water partition coefficient (Wildman–Crippen LogP) is 2.77. The van der Waals surface area contributed by atoms with Gasteiger partial charge in [-0.15, -0.1) is 0 Å². The molecule has 3 N–H and O–H groups in total. The third-order valence-electron chi connectivity index (χ3n) is 3.18. The van der Waals surface area contributed by atoms with Crippen LogP contribution in [0.1, 0.15) is 28.8 Å². The van der Waals surface area contributed by atoms with Crippen LogP contribution in [0.2, 0.25) is 0 Å². The lowest BCUT2D eigenvalue weighted by atomic mass is 10.0. The first kappa shape index (κ1) is 15.0. The first-order valence-electron chi connectivity index (χ1n) is 6.34. The number of carbonyl (C=O) groups is 1. The molecule has 1 heterocycles. The summed E-state index contributed by atoms with van der Waals surface area (Å²) in [6.07, 6.45) is 0. The van der Waals surface area contributed by atoms with Crippen molar-refractivity contribution in [2.75, 3.05) is 12.3 Å².